The number of rotatable bonds is 10. The summed E-state index contributed by atoms with van der Waals surface area (Å²) < 4.78 is 0. The number of carbonyl (C=O) groups excluding carboxylic acids is 1. The molecule has 0 aliphatic carbocycles. The lowest BCUT2D eigenvalue weighted by Gasteiger charge is -2.35. The molecule has 1 aromatic carbocycles. The average Bonchev–Trinajstić information content (AvgIpc) is 2.89. The highest BCUT2D eigenvalue weighted by atomic mass is 35.5. The highest BCUT2D eigenvalue weighted by molar-refractivity contribution is 7.99. The van der Waals surface area contributed by atoms with Gasteiger partial charge in [-0.15, -0.1) is 0 Å². The molecule has 1 N–H and O–H groups in total. The number of pyridine rings is 1. The van der Waals surface area contributed by atoms with Crippen LogP contribution in [0.2, 0.25) is 5.15 Å². The average molecular weight is 509 g/mol. The Morgan fingerprint density at radius 3 is 2.63 bits per heavy atom. The normalized spacial score (nSPS) is 14.4. The molecule has 0 saturated carbocycles. The molecular weight excluding hydrogens is 480 g/mol. The zero-order valence-electron chi connectivity index (χ0n) is 19.5. The summed E-state index contributed by atoms with van der Waals surface area (Å²) in [6.45, 7) is 5.09. The molecule has 7 nitrogen and oxygen atoms in total. The number of nitrogens with one attached hydrogen (secondary N) is 1. The first kappa shape index (κ1) is 25.2. The van der Waals surface area contributed by atoms with Gasteiger partial charge in [-0.1, -0.05) is 71.9 Å². The molecule has 1 aliphatic heterocycles. The molecule has 182 valence electrons. The predicted octanol–water partition coefficient (Wildman–Crippen LogP) is 3.81. The van der Waals surface area contributed by atoms with Gasteiger partial charge < -0.3 is 10.2 Å². The molecule has 0 bridgehead atoms. The van der Waals surface area contributed by atoms with Gasteiger partial charge in [-0.2, -0.15) is 0 Å². The third-order valence-electron chi connectivity index (χ3n) is 5.59. The molecule has 1 saturated heterocycles. The first-order chi connectivity index (χ1) is 17.2. The summed E-state index contributed by atoms with van der Waals surface area (Å²) in [7, 11) is 0. The van der Waals surface area contributed by atoms with Crippen LogP contribution in [0.4, 0.5) is 5.82 Å². The minimum atomic E-state index is -0.0618. The van der Waals surface area contributed by atoms with Crippen molar-refractivity contribution in [2.24, 2.45) is 0 Å². The maximum absolute atomic E-state index is 12.2. The van der Waals surface area contributed by atoms with E-state index in [1.807, 2.05) is 36.4 Å². The minimum Gasteiger partial charge on any atom is -0.355 e. The molecule has 1 fully saturated rings. The van der Waals surface area contributed by atoms with Gasteiger partial charge in [0.25, 0.3) is 0 Å². The number of benzene rings is 1. The first-order valence-corrected chi connectivity index (χ1v) is 13.0. The van der Waals surface area contributed by atoms with Crippen molar-refractivity contribution < 1.29 is 4.79 Å². The number of aromatic nitrogens is 3. The Balaban J connectivity index is 1.21. The highest BCUT2D eigenvalue weighted by Gasteiger charge is 2.19. The summed E-state index contributed by atoms with van der Waals surface area (Å²) in [4.78, 5) is 30.1. The Morgan fingerprint density at radius 2 is 1.86 bits per heavy atom. The van der Waals surface area contributed by atoms with Crippen LogP contribution >= 0.6 is 23.4 Å². The fourth-order valence-corrected chi connectivity index (χ4v) is 4.64. The maximum atomic E-state index is 12.2. The molecule has 0 atom stereocenters. The summed E-state index contributed by atoms with van der Waals surface area (Å²) >= 11 is 7.57. The molecular formula is C26H29ClN6OS. The number of carbonyl (C=O) groups is 1. The fraction of sp³-hybridized carbons (Fsp3) is 0.308. The Kier molecular flexibility index (Phi) is 9.51. The van der Waals surface area contributed by atoms with Gasteiger partial charge in [0.1, 0.15) is 11.0 Å². The molecule has 9 heteroatoms. The summed E-state index contributed by atoms with van der Waals surface area (Å²) in [5, 5.41) is 3.82. The van der Waals surface area contributed by atoms with Crippen molar-refractivity contribution in [3.63, 3.8) is 0 Å². The number of piperazine rings is 1. The Labute approximate surface area is 215 Å². The lowest BCUT2D eigenvalue weighted by Crippen LogP contribution is -2.46. The smallest absolute Gasteiger partial charge is 0.230 e. The molecule has 4 rings (SSSR count). The van der Waals surface area contributed by atoms with E-state index in [2.05, 4.69) is 54.4 Å². The van der Waals surface area contributed by atoms with Crippen molar-refractivity contribution in [3.05, 3.63) is 83.3 Å². The Bertz CT molecular complexity index is 1110. The van der Waals surface area contributed by atoms with Crippen molar-refractivity contribution in [2.75, 3.05) is 49.9 Å². The second-order valence-electron chi connectivity index (χ2n) is 8.14. The lowest BCUT2D eigenvalue weighted by molar-refractivity contribution is -0.118. The van der Waals surface area contributed by atoms with Crippen LogP contribution in [0.5, 0.6) is 0 Å². The summed E-state index contributed by atoms with van der Waals surface area (Å²) in [6, 6.07) is 17.9. The quantitative estimate of drug-likeness (QED) is 0.253. The van der Waals surface area contributed by atoms with E-state index >= 15 is 0 Å². The van der Waals surface area contributed by atoms with Gasteiger partial charge in [-0.3, -0.25) is 14.7 Å². The van der Waals surface area contributed by atoms with Gasteiger partial charge in [-0.25, -0.2) is 9.97 Å². The predicted molar refractivity (Wildman–Crippen MR) is 143 cm³/mol. The van der Waals surface area contributed by atoms with Gasteiger partial charge in [0.15, 0.2) is 5.16 Å². The van der Waals surface area contributed by atoms with E-state index in [-0.39, 0.29) is 11.7 Å². The van der Waals surface area contributed by atoms with Crippen molar-refractivity contribution in [2.45, 2.75) is 11.6 Å². The van der Waals surface area contributed by atoms with Gasteiger partial charge in [0.05, 0.1) is 5.75 Å². The molecule has 0 spiro atoms. The van der Waals surface area contributed by atoms with Gasteiger partial charge in [-0.05, 0) is 17.7 Å². The van der Waals surface area contributed by atoms with Crippen LogP contribution in [0.3, 0.4) is 0 Å². The van der Waals surface area contributed by atoms with E-state index in [0.29, 0.717) is 23.3 Å². The third-order valence-corrected chi connectivity index (χ3v) is 6.63. The van der Waals surface area contributed by atoms with E-state index in [4.69, 9.17) is 11.6 Å². The van der Waals surface area contributed by atoms with Crippen LogP contribution in [-0.4, -0.2) is 70.8 Å². The van der Waals surface area contributed by atoms with Crippen molar-refractivity contribution in [1.82, 2.24) is 25.2 Å². The van der Waals surface area contributed by atoms with E-state index in [1.165, 1.54) is 17.3 Å². The number of amides is 1. The van der Waals surface area contributed by atoms with Crippen molar-refractivity contribution in [3.8, 4) is 0 Å². The van der Waals surface area contributed by atoms with Crippen molar-refractivity contribution >= 4 is 41.2 Å². The number of hydrogen-bond donors (Lipinski definition) is 1. The van der Waals surface area contributed by atoms with E-state index in [9.17, 15) is 4.79 Å². The van der Waals surface area contributed by atoms with Crippen LogP contribution in [0.25, 0.3) is 6.08 Å². The van der Waals surface area contributed by atoms with Crippen LogP contribution < -0.4 is 10.2 Å². The number of hydrogen-bond acceptors (Lipinski definition) is 7. The molecule has 0 unspecified atom stereocenters. The van der Waals surface area contributed by atoms with Crippen LogP contribution in [0.15, 0.2) is 72.0 Å². The largest absolute Gasteiger partial charge is 0.355 e. The number of anilines is 1. The van der Waals surface area contributed by atoms with Crippen molar-refractivity contribution in [1.29, 1.82) is 0 Å². The van der Waals surface area contributed by atoms with Crippen LogP contribution in [0, 0.1) is 0 Å². The molecule has 3 aromatic rings. The third kappa shape index (κ3) is 8.35. The van der Waals surface area contributed by atoms with Crippen LogP contribution in [-0.2, 0) is 11.2 Å². The SMILES string of the molecule is O=C(CSc1nc(Cl)cc(N2CCN(C/C=C/c3ccccc3)CC2)n1)NCCc1ccccn1. The van der Waals surface area contributed by atoms with E-state index in [1.54, 1.807) is 12.3 Å². The highest BCUT2D eigenvalue weighted by Crippen LogP contribution is 2.22. The number of thioether (sulfide) groups is 1. The van der Waals surface area contributed by atoms with Gasteiger partial charge in [0.2, 0.25) is 5.91 Å². The molecule has 1 aliphatic rings. The van der Waals surface area contributed by atoms with E-state index < -0.39 is 0 Å². The Morgan fingerprint density at radius 1 is 1.06 bits per heavy atom. The molecule has 3 heterocycles. The first-order valence-electron chi connectivity index (χ1n) is 11.7. The number of halogens is 1. The Hall–Kier alpha value is -2.94. The molecule has 0 radical (unpaired) electrons. The zero-order chi connectivity index (χ0) is 24.3. The monoisotopic (exact) mass is 508 g/mol. The lowest BCUT2D eigenvalue weighted by atomic mass is 10.2. The van der Waals surface area contributed by atoms with E-state index in [0.717, 1.165) is 44.2 Å². The minimum absolute atomic E-state index is 0.0618. The second-order valence-corrected chi connectivity index (χ2v) is 9.47. The summed E-state index contributed by atoms with van der Waals surface area (Å²) in [5.74, 6) is 0.986. The van der Waals surface area contributed by atoms with Gasteiger partial charge in [0, 0.05) is 63.6 Å². The standard InChI is InChI=1S/C26H29ClN6OS/c27-23-19-24(33-17-15-32(16-18-33)14-6-9-21-7-2-1-3-8-21)31-26(30-23)35-20-25(34)29-13-11-22-10-4-5-12-28-22/h1-10,12,19H,11,13-18,20H2,(H,29,34)/b9-6+. The molecule has 2 aromatic heterocycles. The summed E-state index contributed by atoms with van der Waals surface area (Å²) in [6.07, 6.45) is 6.82. The molecule has 35 heavy (non-hydrogen) atoms. The fourth-order valence-electron chi connectivity index (χ4n) is 3.73. The van der Waals surface area contributed by atoms with Gasteiger partial charge >= 0.3 is 0 Å². The molecule has 1 amide bonds. The summed E-state index contributed by atoms with van der Waals surface area (Å²) in [5.41, 5.74) is 2.17. The van der Waals surface area contributed by atoms with Crippen LogP contribution in [0.1, 0.15) is 11.3 Å². The topological polar surface area (TPSA) is 74.2 Å². The maximum Gasteiger partial charge on any atom is 0.230 e. The second kappa shape index (κ2) is 13.2. The number of nitrogens with zero attached hydrogens (tertiary/aromatic N) is 5. The zero-order valence-corrected chi connectivity index (χ0v) is 21.1.